The molecule has 0 aliphatic carbocycles. The van der Waals surface area contributed by atoms with Crippen molar-refractivity contribution in [3.63, 3.8) is 0 Å². The summed E-state index contributed by atoms with van der Waals surface area (Å²) in [5.74, 6) is 1.11. The third-order valence-corrected chi connectivity index (χ3v) is 2.94. The Labute approximate surface area is 126 Å². The van der Waals surface area contributed by atoms with E-state index in [9.17, 15) is 4.79 Å². The molecule has 1 rings (SSSR count). The van der Waals surface area contributed by atoms with E-state index in [1.54, 1.807) is 23.1 Å². The fourth-order valence-electron chi connectivity index (χ4n) is 2.07. The first kappa shape index (κ1) is 17.3. The normalized spacial score (nSPS) is 10.3. The zero-order chi connectivity index (χ0) is 15.7. The van der Waals surface area contributed by atoms with Gasteiger partial charge in [-0.05, 0) is 38.5 Å². The lowest BCUT2D eigenvalue weighted by Crippen LogP contribution is -2.34. The van der Waals surface area contributed by atoms with Crippen molar-refractivity contribution in [3.05, 3.63) is 23.8 Å². The van der Waals surface area contributed by atoms with E-state index in [-0.39, 0.29) is 12.5 Å². The van der Waals surface area contributed by atoms with E-state index >= 15 is 0 Å². The molecule has 0 fully saturated rings. The molecular formula is C16H25NO4. The Kier molecular flexibility index (Phi) is 7.61. The monoisotopic (exact) mass is 295 g/mol. The van der Waals surface area contributed by atoms with Crippen LogP contribution < -0.4 is 9.47 Å². The van der Waals surface area contributed by atoms with Gasteiger partial charge in [0.15, 0.2) is 11.5 Å². The van der Waals surface area contributed by atoms with E-state index in [4.69, 9.17) is 14.6 Å². The van der Waals surface area contributed by atoms with Crippen molar-refractivity contribution < 1.29 is 19.4 Å². The van der Waals surface area contributed by atoms with Gasteiger partial charge in [0.05, 0.1) is 19.8 Å². The van der Waals surface area contributed by atoms with E-state index in [1.165, 1.54) is 0 Å². The molecule has 0 aliphatic heterocycles. The molecule has 0 saturated heterocycles. The Morgan fingerprint density at radius 3 is 2.33 bits per heavy atom. The van der Waals surface area contributed by atoms with Crippen molar-refractivity contribution in [1.29, 1.82) is 0 Å². The topological polar surface area (TPSA) is 59.0 Å². The second-order valence-electron chi connectivity index (χ2n) is 4.54. The van der Waals surface area contributed by atoms with Gasteiger partial charge in [0.2, 0.25) is 0 Å². The van der Waals surface area contributed by atoms with E-state index in [0.717, 1.165) is 6.42 Å². The molecule has 0 saturated carbocycles. The zero-order valence-corrected chi connectivity index (χ0v) is 13.1. The Morgan fingerprint density at radius 1 is 1.10 bits per heavy atom. The molecule has 1 aromatic carbocycles. The summed E-state index contributed by atoms with van der Waals surface area (Å²) < 4.78 is 11.0. The van der Waals surface area contributed by atoms with Crippen molar-refractivity contribution in [1.82, 2.24) is 4.90 Å². The lowest BCUT2D eigenvalue weighted by atomic mass is 10.1. The Balaban J connectivity index is 3.00. The summed E-state index contributed by atoms with van der Waals surface area (Å²) in [5.41, 5.74) is 0.545. The highest BCUT2D eigenvalue weighted by Crippen LogP contribution is 2.29. The SMILES string of the molecule is CCCN(CCO)C(=O)c1ccc(OCC)c(OCC)c1. The van der Waals surface area contributed by atoms with Crippen LogP contribution in [-0.4, -0.2) is 48.8 Å². The molecule has 21 heavy (non-hydrogen) atoms. The van der Waals surface area contributed by atoms with Gasteiger partial charge in [-0.25, -0.2) is 0 Å². The molecule has 0 heterocycles. The maximum atomic E-state index is 12.5. The van der Waals surface area contributed by atoms with Crippen LogP contribution in [0.3, 0.4) is 0 Å². The summed E-state index contributed by atoms with van der Waals surface area (Å²) in [6, 6.07) is 5.19. The number of carbonyl (C=O) groups excluding carboxylic acids is 1. The first-order chi connectivity index (χ1) is 10.2. The standard InChI is InChI=1S/C16H25NO4/c1-4-9-17(10-11-18)16(19)13-7-8-14(20-5-2)15(12-13)21-6-3/h7-8,12,18H,4-6,9-11H2,1-3H3. The van der Waals surface area contributed by atoms with Gasteiger partial charge in [-0.15, -0.1) is 0 Å². The summed E-state index contributed by atoms with van der Waals surface area (Å²) in [6.45, 7) is 7.76. The second-order valence-corrected chi connectivity index (χ2v) is 4.54. The van der Waals surface area contributed by atoms with Crippen LogP contribution in [0.5, 0.6) is 11.5 Å². The average molecular weight is 295 g/mol. The minimum Gasteiger partial charge on any atom is -0.490 e. The van der Waals surface area contributed by atoms with Crippen molar-refractivity contribution in [2.24, 2.45) is 0 Å². The van der Waals surface area contributed by atoms with Gasteiger partial charge in [0.25, 0.3) is 5.91 Å². The number of aliphatic hydroxyl groups excluding tert-OH is 1. The summed E-state index contributed by atoms with van der Waals surface area (Å²) in [5, 5.41) is 9.07. The Hall–Kier alpha value is -1.75. The molecule has 118 valence electrons. The second kappa shape index (κ2) is 9.23. The van der Waals surface area contributed by atoms with Crippen LogP contribution in [0.25, 0.3) is 0 Å². The molecule has 0 aromatic heterocycles. The minimum absolute atomic E-state index is 0.0406. The molecule has 0 aliphatic rings. The largest absolute Gasteiger partial charge is 0.490 e. The highest BCUT2D eigenvalue weighted by molar-refractivity contribution is 5.95. The highest BCUT2D eigenvalue weighted by Gasteiger charge is 2.17. The number of benzene rings is 1. The van der Waals surface area contributed by atoms with Gasteiger partial charge < -0.3 is 19.5 Å². The number of rotatable bonds is 9. The summed E-state index contributed by atoms with van der Waals surface area (Å²) in [4.78, 5) is 14.1. The predicted octanol–water partition coefficient (Wildman–Crippen LogP) is 2.33. The molecule has 0 atom stereocenters. The molecule has 0 spiro atoms. The lowest BCUT2D eigenvalue weighted by Gasteiger charge is -2.21. The number of ether oxygens (including phenoxy) is 2. The van der Waals surface area contributed by atoms with E-state index in [1.807, 2.05) is 20.8 Å². The maximum Gasteiger partial charge on any atom is 0.254 e. The molecule has 5 heteroatoms. The van der Waals surface area contributed by atoms with Crippen LogP contribution in [0.4, 0.5) is 0 Å². The molecule has 0 bridgehead atoms. The van der Waals surface area contributed by atoms with Crippen molar-refractivity contribution in [2.75, 3.05) is 32.9 Å². The van der Waals surface area contributed by atoms with Gasteiger partial charge in [0.1, 0.15) is 0 Å². The van der Waals surface area contributed by atoms with Crippen molar-refractivity contribution in [3.8, 4) is 11.5 Å². The number of carbonyl (C=O) groups is 1. The molecule has 0 unspecified atom stereocenters. The molecule has 5 nitrogen and oxygen atoms in total. The Morgan fingerprint density at radius 2 is 1.76 bits per heavy atom. The van der Waals surface area contributed by atoms with Crippen molar-refractivity contribution >= 4 is 5.91 Å². The van der Waals surface area contributed by atoms with Crippen LogP contribution in [0.15, 0.2) is 18.2 Å². The summed E-state index contributed by atoms with van der Waals surface area (Å²) in [7, 11) is 0. The minimum atomic E-state index is -0.102. The smallest absolute Gasteiger partial charge is 0.254 e. The number of aliphatic hydroxyl groups is 1. The van der Waals surface area contributed by atoms with E-state index in [0.29, 0.717) is 43.4 Å². The number of hydrogen-bond acceptors (Lipinski definition) is 4. The van der Waals surface area contributed by atoms with Crippen LogP contribution in [-0.2, 0) is 0 Å². The van der Waals surface area contributed by atoms with Crippen molar-refractivity contribution in [2.45, 2.75) is 27.2 Å². The van der Waals surface area contributed by atoms with Gasteiger partial charge in [0, 0.05) is 18.7 Å². The first-order valence-electron chi connectivity index (χ1n) is 7.47. The van der Waals surface area contributed by atoms with Gasteiger partial charge >= 0.3 is 0 Å². The Bertz CT molecular complexity index is 442. The maximum absolute atomic E-state index is 12.5. The van der Waals surface area contributed by atoms with Gasteiger partial charge in [-0.2, -0.15) is 0 Å². The quantitative estimate of drug-likeness (QED) is 0.759. The molecule has 0 radical (unpaired) electrons. The average Bonchev–Trinajstić information content (AvgIpc) is 2.48. The first-order valence-corrected chi connectivity index (χ1v) is 7.47. The number of amides is 1. The van der Waals surface area contributed by atoms with Crippen LogP contribution in [0.2, 0.25) is 0 Å². The molecule has 1 N–H and O–H groups in total. The molecule has 1 aromatic rings. The molecular weight excluding hydrogens is 270 g/mol. The highest BCUT2D eigenvalue weighted by atomic mass is 16.5. The van der Waals surface area contributed by atoms with Gasteiger partial charge in [-0.3, -0.25) is 4.79 Å². The fraction of sp³-hybridized carbons (Fsp3) is 0.562. The zero-order valence-electron chi connectivity index (χ0n) is 13.1. The van der Waals surface area contributed by atoms with Crippen LogP contribution in [0, 0.1) is 0 Å². The number of nitrogens with zero attached hydrogens (tertiary/aromatic N) is 1. The van der Waals surface area contributed by atoms with E-state index < -0.39 is 0 Å². The fourth-order valence-corrected chi connectivity index (χ4v) is 2.07. The predicted molar refractivity (Wildman–Crippen MR) is 82.1 cm³/mol. The number of hydrogen-bond donors (Lipinski definition) is 1. The van der Waals surface area contributed by atoms with Gasteiger partial charge in [-0.1, -0.05) is 6.92 Å². The summed E-state index contributed by atoms with van der Waals surface area (Å²) >= 11 is 0. The van der Waals surface area contributed by atoms with E-state index in [2.05, 4.69) is 0 Å². The third-order valence-electron chi connectivity index (χ3n) is 2.94. The van der Waals surface area contributed by atoms with Crippen LogP contribution in [0.1, 0.15) is 37.6 Å². The third kappa shape index (κ3) is 4.93. The van der Waals surface area contributed by atoms with Crippen LogP contribution >= 0.6 is 0 Å². The lowest BCUT2D eigenvalue weighted by molar-refractivity contribution is 0.0721. The summed E-state index contributed by atoms with van der Waals surface area (Å²) in [6.07, 6.45) is 0.848. The molecule has 1 amide bonds.